The molecule has 4 rings (SSSR count). The second-order valence-corrected chi connectivity index (χ2v) is 6.21. The number of para-hydroxylation sites is 1. The van der Waals surface area contributed by atoms with E-state index in [1.165, 1.54) is 12.1 Å². The maximum atomic E-state index is 13.3. The van der Waals surface area contributed by atoms with E-state index < -0.39 is 6.03 Å². The Morgan fingerprint density at radius 3 is 2.48 bits per heavy atom. The molecule has 2 amide bonds. The molecule has 134 valence electrons. The van der Waals surface area contributed by atoms with Gasteiger partial charge in [0, 0.05) is 11.8 Å². The zero-order valence-corrected chi connectivity index (χ0v) is 14.7. The Morgan fingerprint density at radius 2 is 1.70 bits per heavy atom. The first-order valence-electron chi connectivity index (χ1n) is 8.17. The fraction of sp³-hybridized carbons (Fsp3) is 0. The topological polar surface area (TPSA) is 58.4 Å². The van der Waals surface area contributed by atoms with Gasteiger partial charge in [0.2, 0.25) is 0 Å². The quantitative estimate of drug-likeness (QED) is 0.497. The van der Waals surface area contributed by atoms with Gasteiger partial charge < -0.3 is 5.32 Å². The molecule has 0 aliphatic rings. The number of hydrogen-bond donors (Lipinski definition) is 2. The van der Waals surface area contributed by atoms with Gasteiger partial charge in [0.25, 0.3) is 0 Å². The van der Waals surface area contributed by atoms with Gasteiger partial charge in [-0.2, -0.15) is 0 Å². The van der Waals surface area contributed by atoms with E-state index in [-0.39, 0.29) is 5.82 Å². The predicted molar refractivity (Wildman–Crippen MR) is 105 cm³/mol. The van der Waals surface area contributed by atoms with Gasteiger partial charge in [0.05, 0.1) is 10.7 Å². The van der Waals surface area contributed by atoms with Gasteiger partial charge in [0.1, 0.15) is 23.0 Å². The average molecular weight is 381 g/mol. The summed E-state index contributed by atoms with van der Waals surface area (Å²) in [6.07, 6.45) is 1.79. The number of amides is 2. The van der Waals surface area contributed by atoms with Crippen LogP contribution in [0.25, 0.3) is 16.9 Å². The lowest BCUT2D eigenvalue weighted by atomic mass is 10.1. The molecule has 7 heteroatoms. The molecule has 2 aromatic heterocycles. The molecular weight excluding hydrogens is 367 g/mol. The van der Waals surface area contributed by atoms with Crippen molar-refractivity contribution in [2.45, 2.75) is 0 Å². The molecule has 0 unspecified atom stereocenters. The Bertz CT molecular complexity index is 1120. The lowest BCUT2D eigenvalue weighted by Gasteiger charge is -2.10. The number of rotatable bonds is 3. The number of aromatic nitrogens is 2. The van der Waals surface area contributed by atoms with Crippen molar-refractivity contribution in [2.24, 2.45) is 0 Å². The number of carbonyl (C=O) groups is 1. The van der Waals surface area contributed by atoms with Crippen molar-refractivity contribution in [3.8, 4) is 11.3 Å². The van der Waals surface area contributed by atoms with E-state index in [2.05, 4.69) is 15.6 Å². The van der Waals surface area contributed by atoms with Crippen LogP contribution in [0.3, 0.4) is 0 Å². The minimum Gasteiger partial charge on any atom is -0.306 e. The third kappa shape index (κ3) is 3.47. The van der Waals surface area contributed by atoms with E-state index in [1.54, 1.807) is 47.0 Å². The summed E-state index contributed by atoms with van der Waals surface area (Å²) < 4.78 is 15.0. The molecule has 0 aliphatic carbocycles. The van der Waals surface area contributed by atoms with E-state index in [4.69, 9.17) is 11.6 Å². The number of nitrogens with zero attached hydrogens (tertiary/aromatic N) is 2. The Labute approximate surface area is 159 Å². The van der Waals surface area contributed by atoms with Crippen LogP contribution >= 0.6 is 11.6 Å². The van der Waals surface area contributed by atoms with E-state index >= 15 is 0 Å². The normalized spacial score (nSPS) is 10.7. The summed E-state index contributed by atoms with van der Waals surface area (Å²) in [5.74, 6) is 0.134. The molecule has 4 aromatic rings. The molecule has 0 saturated carbocycles. The van der Waals surface area contributed by atoms with Crippen molar-refractivity contribution >= 4 is 34.8 Å². The van der Waals surface area contributed by atoms with Gasteiger partial charge >= 0.3 is 6.03 Å². The summed E-state index contributed by atoms with van der Waals surface area (Å²) in [5.41, 5.74) is 2.38. The molecular formula is C20H14ClFN4O. The van der Waals surface area contributed by atoms with Crippen LogP contribution in [0.4, 0.5) is 20.7 Å². The van der Waals surface area contributed by atoms with Gasteiger partial charge in [-0.05, 0) is 48.5 Å². The summed E-state index contributed by atoms with van der Waals surface area (Å²) in [6, 6.07) is 17.9. The predicted octanol–water partition coefficient (Wildman–Crippen LogP) is 5.44. The first-order chi connectivity index (χ1) is 13.1. The number of carbonyl (C=O) groups excluding carboxylic acids is 1. The van der Waals surface area contributed by atoms with Crippen molar-refractivity contribution in [3.63, 3.8) is 0 Å². The molecule has 0 saturated heterocycles. The Morgan fingerprint density at radius 1 is 0.963 bits per heavy atom. The molecule has 0 fully saturated rings. The molecule has 0 radical (unpaired) electrons. The van der Waals surface area contributed by atoms with Crippen molar-refractivity contribution in [1.29, 1.82) is 0 Å². The fourth-order valence-corrected chi connectivity index (χ4v) is 2.93. The van der Waals surface area contributed by atoms with Gasteiger partial charge in [-0.1, -0.05) is 29.8 Å². The number of imidazole rings is 1. The molecule has 2 aromatic carbocycles. The minimum absolute atomic E-state index is 0.339. The summed E-state index contributed by atoms with van der Waals surface area (Å²) >= 11 is 6.09. The standard InChI is InChI=1S/C20H14ClFN4O/c21-15-5-1-2-6-16(15)23-20(27)25-19-18(13-8-10-14(22)11-9-13)24-17-7-3-4-12-26(17)19/h1-12H,(H2,23,25,27). The number of pyridine rings is 1. The van der Waals surface area contributed by atoms with Crippen LogP contribution in [0.2, 0.25) is 5.02 Å². The first-order valence-corrected chi connectivity index (χ1v) is 8.55. The second-order valence-electron chi connectivity index (χ2n) is 5.80. The lowest BCUT2D eigenvalue weighted by molar-refractivity contribution is 0.262. The zero-order valence-electron chi connectivity index (χ0n) is 14.0. The van der Waals surface area contributed by atoms with Gasteiger partial charge in [-0.15, -0.1) is 0 Å². The van der Waals surface area contributed by atoms with Crippen LogP contribution in [0.5, 0.6) is 0 Å². The Balaban J connectivity index is 1.71. The number of halogens is 2. The smallest absolute Gasteiger partial charge is 0.306 e. The molecule has 0 aliphatic heterocycles. The zero-order chi connectivity index (χ0) is 18.8. The molecule has 5 nitrogen and oxygen atoms in total. The van der Waals surface area contributed by atoms with Crippen LogP contribution < -0.4 is 10.6 Å². The number of hydrogen-bond acceptors (Lipinski definition) is 2. The number of benzene rings is 2. The minimum atomic E-state index is -0.461. The highest BCUT2D eigenvalue weighted by atomic mass is 35.5. The lowest BCUT2D eigenvalue weighted by Crippen LogP contribution is -2.21. The van der Waals surface area contributed by atoms with Crippen molar-refractivity contribution in [2.75, 3.05) is 10.6 Å². The van der Waals surface area contributed by atoms with Crippen LogP contribution in [-0.2, 0) is 0 Å². The average Bonchev–Trinajstić information content (AvgIpc) is 3.03. The molecule has 0 spiro atoms. The molecule has 27 heavy (non-hydrogen) atoms. The molecule has 0 atom stereocenters. The summed E-state index contributed by atoms with van der Waals surface area (Å²) in [7, 11) is 0. The maximum absolute atomic E-state index is 13.3. The van der Waals surface area contributed by atoms with E-state index in [9.17, 15) is 9.18 Å². The van der Waals surface area contributed by atoms with Crippen LogP contribution in [-0.4, -0.2) is 15.4 Å². The second kappa shape index (κ2) is 7.09. The van der Waals surface area contributed by atoms with Crippen LogP contribution in [0, 0.1) is 5.82 Å². The molecule has 2 heterocycles. The van der Waals surface area contributed by atoms with Gasteiger partial charge in [0.15, 0.2) is 0 Å². The van der Waals surface area contributed by atoms with E-state index in [0.717, 1.165) is 0 Å². The number of urea groups is 1. The first kappa shape index (κ1) is 17.1. The van der Waals surface area contributed by atoms with E-state index in [0.29, 0.717) is 33.4 Å². The van der Waals surface area contributed by atoms with Gasteiger partial charge in [-0.25, -0.2) is 14.2 Å². The Hall–Kier alpha value is -3.38. The van der Waals surface area contributed by atoms with Crippen molar-refractivity contribution in [3.05, 3.63) is 83.8 Å². The van der Waals surface area contributed by atoms with Crippen LogP contribution in [0.1, 0.15) is 0 Å². The highest BCUT2D eigenvalue weighted by molar-refractivity contribution is 6.33. The summed E-state index contributed by atoms with van der Waals surface area (Å²) in [4.78, 5) is 17.1. The monoisotopic (exact) mass is 380 g/mol. The SMILES string of the molecule is O=C(Nc1ccccc1Cl)Nc1c(-c2ccc(F)cc2)nc2ccccn12. The highest BCUT2D eigenvalue weighted by Crippen LogP contribution is 2.29. The third-order valence-corrected chi connectivity index (χ3v) is 4.33. The van der Waals surface area contributed by atoms with E-state index in [1.807, 2.05) is 18.2 Å². The summed E-state index contributed by atoms with van der Waals surface area (Å²) in [5, 5.41) is 5.97. The van der Waals surface area contributed by atoms with Crippen molar-refractivity contribution < 1.29 is 9.18 Å². The molecule has 2 N–H and O–H groups in total. The largest absolute Gasteiger partial charge is 0.324 e. The number of nitrogens with one attached hydrogen (secondary N) is 2. The van der Waals surface area contributed by atoms with Crippen LogP contribution in [0.15, 0.2) is 72.9 Å². The molecule has 0 bridgehead atoms. The van der Waals surface area contributed by atoms with Crippen molar-refractivity contribution in [1.82, 2.24) is 9.38 Å². The highest BCUT2D eigenvalue weighted by Gasteiger charge is 2.17. The summed E-state index contributed by atoms with van der Waals surface area (Å²) in [6.45, 7) is 0. The fourth-order valence-electron chi connectivity index (χ4n) is 2.75. The maximum Gasteiger partial charge on any atom is 0.324 e. The Kier molecular flexibility index (Phi) is 4.48. The van der Waals surface area contributed by atoms with Gasteiger partial charge in [-0.3, -0.25) is 9.72 Å². The number of fused-ring (bicyclic) bond motifs is 1. The number of anilines is 2. The third-order valence-electron chi connectivity index (χ3n) is 4.00.